The summed E-state index contributed by atoms with van der Waals surface area (Å²) in [7, 11) is 0. The van der Waals surface area contributed by atoms with E-state index >= 15 is 0 Å². The molecule has 0 aromatic heterocycles. The molecular weight excluding hydrogens is 264 g/mol. The molecular formula is C15H21F2NS. The Balaban J connectivity index is 2.28. The first-order valence-corrected chi connectivity index (χ1v) is 8.06. The molecule has 0 aliphatic carbocycles. The molecule has 1 heterocycles. The molecule has 19 heavy (non-hydrogen) atoms. The molecule has 0 bridgehead atoms. The molecule has 1 aliphatic heterocycles. The van der Waals surface area contributed by atoms with E-state index in [2.05, 4.69) is 12.2 Å². The Hall–Kier alpha value is -0.610. The highest BCUT2D eigenvalue weighted by molar-refractivity contribution is 7.99. The van der Waals surface area contributed by atoms with E-state index < -0.39 is 11.6 Å². The quantitative estimate of drug-likeness (QED) is 0.875. The van der Waals surface area contributed by atoms with E-state index in [1.165, 1.54) is 0 Å². The fourth-order valence-electron chi connectivity index (χ4n) is 2.55. The lowest BCUT2D eigenvalue weighted by Crippen LogP contribution is -2.30. The van der Waals surface area contributed by atoms with Gasteiger partial charge < -0.3 is 5.32 Å². The minimum absolute atomic E-state index is 0.0648. The van der Waals surface area contributed by atoms with E-state index in [4.69, 9.17) is 0 Å². The molecule has 1 aromatic rings. The van der Waals surface area contributed by atoms with Gasteiger partial charge in [-0.3, -0.25) is 0 Å². The fourth-order valence-corrected chi connectivity index (χ4v) is 3.85. The highest BCUT2D eigenvalue weighted by Gasteiger charge is 2.29. The maximum Gasteiger partial charge on any atom is 0.163 e. The number of hydrogen-bond donors (Lipinski definition) is 1. The second-order valence-corrected chi connectivity index (χ2v) is 6.30. The van der Waals surface area contributed by atoms with Crippen LogP contribution in [-0.4, -0.2) is 18.1 Å². The first-order chi connectivity index (χ1) is 9.15. The van der Waals surface area contributed by atoms with Crippen molar-refractivity contribution in [3.8, 4) is 0 Å². The van der Waals surface area contributed by atoms with Crippen molar-refractivity contribution in [3.05, 3.63) is 34.9 Å². The molecule has 0 spiro atoms. The average molecular weight is 285 g/mol. The van der Waals surface area contributed by atoms with Gasteiger partial charge in [0.15, 0.2) is 11.6 Å². The average Bonchev–Trinajstić information content (AvgIpc) is 2.92. The summed E-state index contributed by atoms with van der Waals surface area (Å²) in [6.45, 7) is 4.52. The molecule has 1 aromatic carbocycles. The van der Waals surface area contributed by atoms with Gasteiger partial charge in [-0.2, -0.15) is 11.8 Å². The van der Waals surface area contributed by atoms with Gasteiger partial charge in [0.1, 0.15) is 0 Å². The Morgan fingerprint density at radius 3 is 2.79 bits per heavy atom. The molecule has 1 aliphatic rings. The summed E-state index contributed by atoms with van der Waals surface area (Å²) in [5.74, 6) is 1.16. The number of nitrogens with one attached hydrogen (secondary N) is 1. The van der Waals surface area contributed by atoms with Crippen LogP contribution in [0, 0.1) is 24.5 Å². The van der Waals surface area contributed by atoms with Crippen LogP contribution >= 0.6 is 11.8 Å². The van der Waals surface area contributed by atoms with Crippen molar-refractivity contribution >= 4 is 11.8 Å². The third kappa shape index (κ3) is 3.29. The number of benzene rings is 1. The molecule has 106 valence electrons. The maximum absolute atomic E-state index is 14.2. The third-order valence-corrected chi connectivity index (χ3v) is 4.88. The highest BCUT2D eigenvalue weighted by Crippen LogP contribution is 2.36. The Labute approximate surface area is 118 Å². The van der Waals surface area contributed by atoms with Gasteiger partial charge in [0, 0.05) is 11.6 Å². The van der Waals surface area contributed by atoms with Crippen molar-refractivity contribution in [1.29, 1.82) is 0 Å². The van der Waals surface area contributed by atoms with E-state index in [9.17, 15) is 8.78 Å². The van der Waals surface area contributed by atoms with Crippen LogP contribution in [0.1, 0.15) is 36.9 Å². The second kappa shape index (κ2) is 6.71. The Morgan fingerprint density at radius 2 is 2.16 bits per heavy atom. The summed E-state index contributed by atoms with van der Waals surface area (Å²) >= 11 is 1.90. The molecule has 0 radical (unpaired) electrons. The molecule has 4 heteroatoms. The topological polar surface area (TPSA) is 12.0 Å². The predicted molar refractivity (Wildman–Crippen MR) is 77.6 cm³/mol. The van der Waals surface area contributed by atoms with Crippen molar-refractivity contribution in [2.45, 2.75) is 32.7 Å². The van der Waals surface area contributed by atoms with Gasteiger partial charge >= 0.3 is 0 Å². The standard InChI is InChI=1S/C15H21F2NS/c1-3-7-18-15(11-6-8-19-9-11)12-5-4-10(2)13(16)14(12)17/h4-5,11,15,18H,3,6-9H2,1-2H3. The van der Waals surface area contributed by atoms with Crippen LogP contribution in [0.2, 0.25) is 0 Å². The smallest absolute Gasteiger partial charge is 0.163 e. The minimum Gasteiger partial charge on any atom is -0.310 e. The maximum atomic E-state index is 14.2. The third-order valence-electron chi connectivity index (χ3n) is 3.69. The molecule has 0 amide bonds. The predicted octanol–water partition coefficient (Wildman–Crippen LogP) is 4.07. The number of halogens is 2. The van der Waals surface area contributed by atoms with Crippen LogP contribution < -0.4 is 5.32 Å². The molecule has 0 saturated carbocycles. The number of hydrogen-bond acceptors (Lipinski definition) is 2. The zero-order valence-corrected chi connectivity index (χ0v) is 12.3. The lowest BCUT2D eigenvalue weighted by atomic mass is 9.91. The van der Waals surface area contributed by atoms with Crippen LogP contribution in [0.5, 0.6) is 0 Å². The summed E-state index contributed by atoms with van der Waals surface area (Å²) in [6, 6.07) is 3.35. The molecule has 2 rings (SSSR count). The van der Waals surface area contributed by atoms with Gasteiger partial charge in [-0.25, -0.2) is 8.78 Å². The van der Waals surface area contributed by atoms with E-state index in [1.54, 1.807) is 19.1 Å². The lowest BCUT2D eigenvalue weighted by Gasteiger charge is -2.25. The van der Waals surface area contributed by atoms with Crippen LogP contribution in [-0.2, 0) is 0 Å². The number of thioether (sulfide) groups is 1. The lowest BCUT2D eigenvalue weighted by molar-refractivity contribution is 0.372. The van der Waals surface area contributed by atoms with E-state index in [0.29, 0.717) is 17.0 Å². The molecule has 1 saturated heterocycles. The summed E-state index contributed by atoms with van der Waals surface area (Å²) < 4.78 is 27.9. The summed E-state index contributed by atoms with van der Waals surface area (Å²) in [5, 5.41) is 3.40. The fraction of sp³-hybridized carbons (Fsp3) is 0.600. The Morgan fingerprint density at radius 1 is 1.37 bits per heavy atom. The first kappa shape index (κ1) is 14.8. The van der Waals surface area contributed by atoms with Gasteiger partial charge in [-0.1, -0.05) is 19.1 Å². The van der Waals surface area contributed by atoms with E-state index in [0.717, 1.165) is 30.9 Å². The monoisotopic (exact) mass is 285 g/mol. The van der Waals surface area contributed by atoms with Gasteiger partial charge in [-0.05, 0) is 49.3 Å². The van der Waals surface area contributed by atoms with Crippen molar-refractivity contribution < 1.29 is 8.78 Å². The molecule has 1 N–H and O–H groups in total. The molecule has 2 unspecified atom stereocenters. The van der Waals surface area contributed by atoms with Gasteiger partial charge in [0.2, 0.25) is 0 Å². The van der Waals surface area contributed by atoms with Crippen molar-refractivity contribution in [1.82, 2.24) is 5.32 Å². The van der Waals surface area contributed by atoms with Crippen LogP contribution in [0.4, 0.5) is 8.78 Å². The van der Waals surface area contributed by atoms with E-state index in [1.807, 2.05) is 11.8 Å². The molecule has 2 atom stereocenters. The first-order valence-electron chi connectivity index (χ1n) is 6.90. The van der Waals surface area contributed by atoms with Crippen LogP contribution in [0.25, 0.3) is 0 Å². The van der Waals surface area contributed by atoms with Gasteiger partial charge in [-0.15, -0.1) is 0 Å². The van der Waals surface area contributed by atoms with Crippen molar-refractivity contribution in [3.63, 3.8) is 0 Å². The van der Waals surface area contributed by atoms with Gasteiger partial charge in [0.25, 0.3) is 0 Å². The van der Waals surface area contributed by atoms with Crippen molar-refractivity contribution in [2.24, 2.45) is 5.92 Å². The molecule has 1 fully saturated rings. The summed E-state index contributed by atoms with van der Waals surface area (Å²) in [6.07, 6.45) is 2.06. The van der Waals surface area contributed by atoms with Crippen molar-refractivity contribution in [2.75, 3.05) is 18.1 Å². The largest absolute Gasteiger partial charge is 0.310 e. The number of rotatable bonds is 5. The summed E-state index contributed by atoms with van der Waals surface area (Å²) in [5.41, 5.74) is 0.861. The second-order valence-electron chi connectivity index (χ2n) is 5.16. The van der Waals surface area contributed by atoms with E-state index in [-0.39, 0.29) is 6.04 Å². The zero-order chi connectivity index (χ0) is 13.8. The Kier molecular flexibility index (Phi) is 5.22. The van der Waals surface area contributed by atoms with Crippen LogP contribution in [0.3, 0.4) is 0 Å². The SMILES string of the molecule is CCCNC(c1ccc(C)c(F)c1F)C1CCSC1. The highest BCUT2D eigenvalue weighted by atomic mass is 32.2. The summed E-state index contributed by atoms with van der Waals surface area (Å²) in [4.78, 5) is 0. The van der Waals surface area contributed by atoms with Crippen LogP contribution in [0.15, 0.2) is 12.1 Å². The minimum atomic E-state index is -0.702. The molecule has 1 nitrogen and oxygen atoms in total. The normalized spacial score (nSPS) is 20.7. The van der Waals surface area contributed by atoms with Gasteiger partial charge in [0.05, 0.1) is 0 Å². The number of aryl methyl sites for hydroxylation is 1. The zero-order valence-electron chi connectivity index (χ0n) is 11.5. The Bertz CT molecular complexity index is 430.